The first-order valence-electron chi connectivity index (χ1n) is 10.0. The highest BCUT2D eigenvalue weighted by Crippen LogP contribution is 2.30. The van der Waals surface area contributed by atoms with Crippen molar-refractivity contribution in [3.63, 3.8) is 0 Å². The van der Waals surface area contributed by atoms with Crippen molar-refractivity contribution in [2.24, 2.45) is 0 Å². The molecule has 29 heavy (non-hydrogen) atoms. The van der Waals surface area contributed by atoms with Crippen LogP contribution < -0.4 is 5.73 Å². The summed E-state index contributed by atoms with van der Waals surface area (Å²) >= 11 is 0. The van der Waals surface area contributed by atoms with Crippen molar-refractivity contribution in [2.75, 3.05) is 12.3 Å². The van der Waals surface area contributed by atoms with Crippen LogP contribution in [0.25, 0.3) is 33.2 Å². The molecule has 1 saturated heterocycles. The number of aromatic amines is 2. The van der Waals surface area contributed by atoms with E-state index in [9.17, 15) is 4.79 Å². The van der Waals surface area contributed by atoms with Gasteiger partial charge >= 0.3 is 0 Å². The van der Waals surface area contributed by atoms with E-state index >= 15 is 0 Å². The fourth-order valence-corrected chi connectivity index (χ4v) is 4.30. The second-order valence-electron chi connectivity index (χ2n) is 7.55. The fraction of sp³-hybridized carbons (Fsp3) is 0.333. The summed E-state index contributed by atoms with van der Waals surface area (Å²) in [4.78, 5) is 27.0. The third-order valence-corrected chi connectivity index (χ3v) is 5.74. The van der Waals surface area contributed by atoms with Crippen molar-refractivity contribution in [1.82, 2.24) is 30.0 Å². The van der Waals surface area contributed by atoms with E-state index in [2.05, 4.69) is 20.2 Å². The number of fused-ring (bicyclic) bond motifs is 3. The molecule has 3 aromatic heterocycles. The van der Waals surface area contributed by atoms with Crippen LogP contribution in [-0.4, -0.2) is 48.5 Å². The first-order valence-corrected chi connectivity index (χ1v) is 10.0. The van der Waals surface area contributed by atoms with Gasteiger partial charge in [0.1, 0.15) is 22.7 Å². The monoisotopic (exact) mass is 389 g/mol. The molecular formula is C21H23N7O. The average Bonchev–Trinajstić information content (AvgIpc) is 3.48. The molecule has 1 aliphatic heterocycles. The summed E-state index contributed by atoms with van der Waals surface area (Å²) in [7, 11) is 0. The molecule has 0 radical (unpaired) electrons. The summed E-state index contributed by atoms with van der Waals surface area (Å²) in [5.74, 6) is 1.49. The average molecular weight is 389 g/mol. The van der Waals surface area contributed by atoms with E-state index in [0.717, 1.165) is 58.4 Å². The maximum atomic E-state index is 12.2. The zero-order valence-electron chi connectivity index (χ0n) is 16.3. The van der Waals surface area contributed by atoms with Crippen LogP contribution in [0, 0.1) is 0 Å². The third-order valence-electron chi connectivity index (χ3n) is 5.74. The van der Waals surface area contributed by atoms with Gasteiger partial charge in [0.15, 0.2) is 0 Å². The number of rotatable bonds is 4. The number of nitrogen functional groups attached to an aromatic ring is 1. The molecule has 148 valence electrons. The van der Waals surface area contributed by atoms with Gasteiger partial charge in [0.05, 0.1) is 11.2 Å². The van der Waals surface area contributed by atoms with Crippen molar-refractivity contribution < 1.29 is 4.79 Å². The van der Waals surface area contributed by atoms with Crippen LogP contribution in [0.15, 0.2) is 30.5 Å². The van der Waals surface area contributed by atoms with Gasteiger partial charge in [0, 0.05) is 42.6 Å². The summed E-state index contributed by atoms with van der Waals surface area (Å²) in [6, 6.07) is 8.15. The van der Waals surface area contributed by atoms with Crippen molar-refractivity contribution in [3.8, 4) is 11.3 Å². The number of imidazole rings is 1. The molecule has 4 heterocycles. The van der Waals surface area contributed by atoms with Crippen LogP contribution in [0.2, 0.25) is 0 Å². The molecule has 1 fully saturated rings. The van der Waals surface area contributed by atoms with Crippen molar-refractivity contribution in [1.29, 1.82) is 0 Å². The zero-order valence-corrected chi connectivity index (χ0v) is 16.3. The number of anilines is 1. The lowest BCUT2D eigenvalue weighted by Crippen LogP contribution is -2.36. The van der Waals surface area contributed by atoms with Gasteiger partial charge in [-0.2, -0.15) is 5.10 Å². The molecule has 1 atom stereocenters. The Morgan fingerprint density at radius 3 is 3.00 bits per heavy atom. The molecule has 4 aromatic rings. The molecule has 0 bridgehead atoms. The van der Waals surface area contributed by atoms with Crippen molar-refractivity contribution in [3.05, 3.63) is 36.3 Å². The van der Waals surface area contributed by atoms with Crippen molar-refractivity contribution in [2.45, 2.75) is 38.6 Å². The van der Waals surface area contributed by atoms with Gasteiger partial charge in [-0.05, 0) is 31.0 Å². The van der Waals surface area contributed by atoms with E-state index in [1.807, 2.05) is 36.1 Å². The smallest absolute Gasteiger partial charge is 0.222 e. The van der Waals surface area contributed by atoms with Crippen LogP contribution in [0.3, 0.4) is 0 Å². The van der Waals surface area contributed by atoms with Gasteiger partial charge in [-0.15, -0.1) is 0 Å². The van der Waals surface area contributed by atoms with Crippen LogP contribution in [0.1, 0.15) is 32.0 Å². The Kier molecular flexibility index (Phi) is 4.19. The number of carbonyl (C=O) groups is 1. The standard InChI is InChI=1S/C21H23N7O/c1-2-18(29)28-9-3-4-13(28)11-17-25-19-14-6-5-12(15-7-8-23-27-15)10-16(14)24-21(22)20(19)26-17/h5-8,10,13H,2-4,9,11H2,1H3,(H2,22,24)(H,23,27)(H,25,26)/t13-/m0/s1. The lowest BCUT2D eigenvalue weighted by atomic mass is 10.1. The van der Waals surface area contributed by atoms with Crippen molar-refractivity contribution >= 4 is 33.7 Å². The Hall–Kier alpha value is -3.42. The normalized spacial score (nSPS) is 16.9. The van der Waals surface area contributed by atoms with Gasteiger partial charge in [-0.3, -0.25) is 9.89 Å². The molecule has 0 aliphatic carbocycles. The lowest BCUT2D eigenvalue weighted by Gasteiger charge is -2.23. The maximum absolute atomic E-state index is 12.2. The Morgan fingerprint density at radius 1 is 1.31 bits per heavy atom. The summed E-state index contributed by atoms with van der Waals surface area (Å²) < 4.78 is 0. The van der Waals surface area contributed by atoms with Crippen LogP contribution in [-0.2, 0) is 11.2 Å². The predicted octanol–water partition coefficient (Wildman–Crippen LogP) is 3.03. The maximum Gasteiger partial charge on any atom is 0.222 e. The van der Waals surface area contributed by atoms with Gasteiger partial charge < -0.3 is 15.6 Å². The molecule has 0 unspecified atom stereocenters. The second-order valence-corrected chi connectivity index (χ2v) is 7.55. The molecule has 4 N–H and O–H groups in total. The number of hydrogen-bond acceptors (Lipinski definition) is 5. The molecule has 1 amide bonds. The number of nitrogens with zero attached hydrogens (tertiary/aromatic N) is 4. The number of aromatic nitrogens is 5. The van der Waals surface area contributed by atoms with E-state index in [1.54, 1.807) is 6.20 Å². The SMILES string of the molecule is CCC(=O)N1CCC[C@H]1Cc1nc2c([nH]1)c(N)nc1cc(-c3ccn[nH]3)ccc12. The quantitative estimate of drug-likeness (QED) is 0.496. The van der Waals surface area contributed by atoms with Gasteiger partial charge in [-0.1, -0.05) is 13.0 Å². The fourth-order valence-electron chi connectivity index (χ4n) is 4.30. The molecule has 1 aromatic carbocycles. The molecular weight excluding hydrogens is 366 g/mol. The lowest BCUT2D eigenvalue weighted by molar-refractivity contribution is -0.131. The first kappa shape index (κ1) is 17.7. The molecule has 0 spiro atoms. The number of pyridine rings is 1. The minimum atomic E-state index is 0.190. The number of H-pyrrole nitrogens is 2. The Morgan fingerprint density at radius 2 is 2.21 bits per heavy atom. The molecule has 8 heteroatoms. The minimum Gasteiger partial charge on any atom is -0.382 e. The molecule has 8 nitrogen and oxygen atoms in total. The van der Waals surface area contributed by atoms with E-state index in [-0.39, 0.29) is 11.9 Å². The third kappa shape index (κ3) is 3.00. The summed E-state index contributed by atoms with van der Waals surface area (Å²) in [5.41, 5.74) is 10.5. The number of amides is 1. The number of benzene rings is 1. The van der Waals surface area contributed by atoms with Gasteiger partial charge in [-0.25, -0.2) is 9.97 Å². The Bertz CT molecular complexity index is 1190. The van der Waals surface area contributed by atoms with Crippen LogP contribution in [0.5, 0.6) is 0 Å². The van der Waals surface area contributed by atoms with Crippen LogP contribution in [0.4, 0.5) is 5.82 Å². The van der Waals surface area contributed by atoms with E-state index in [0.29, 0.717) is 18.7 Å². The Labute approximate surface area is 167 Å². The predicted molar refractivity (Wildman–Crippen MR) is 112 cm³/mol. The first-order chi connectivity index (χ1) is 14.1. The summed E-state index contributed by atoms with van der Waals surface area (Å²) in [5, 5.41) is 7.93. The van der Waals surface area contributed by atoms with Crippen LogP contribution >= 0.6 is 0 Å². The minimum absolute atomic E-state index is 0.190. The summed E-state index contributed by atoms with van der Waals surface area (Å²) in [6.07, 6.45) is 5.01. The highest BCUT2D eigenvalue weighted by Gasteiger charge is 2.28. The highest BCUT2D eigenvalue weighted by atomic mass is 16.2. The van der Waals surface area contributed by atoms with Gasteiger partial charge in [0.2, 0.25) is 5.91 Å². The number of nitrogens with two attached hydrogens (primary N) is 1. The largest absolute Gasteiger partial charge is 0.382 e. The molecule has 5 rings (SSSR count). The topological polar surface area (TPSA) is 117 Å². The zero-order chi connectivity index (χ0) is 20.0. The Balaban J connectivity index is 1.53. The summed E-state index contributed by atoms with van der Waals surface area (Å²) in [6.45, 7) is 2.75. The number of carbonyl (C=O) groups excluding carboxylic acids is 1. The van der Waals surface area contributed by atoms with Gasteiger partial charge in [0.25, 0.3) is 0 Å². The van der Waals surface area contributed by atoms with E-state index in [1.165, 1.54) is 0 Å². The second kappa shape index (κ2) is 6.88. The number of likely N-dealkylation sites (tertiary alicyclic amines) is 1. The molecule has 1 aliphatic rings. The number of nitrogens with one attached hydrogen (secondary N) is 2. The van der Waals surface area contributed by atoms with E-state index in [4.69, 9.17) is 10.7 Å². The van der Waals surface area contributed by atoms with E-state index < -0.39 is 0 Å². The highest BCUT2D eigenvalue weighted by molar-refractivity contribution is 6.07. The molecule has 0 saturated carbocycles. The number of hydrogen-bond donors (Lipinski definition) is 3.